The molecule has 0 amide bonds. The number of azo groups is 1. The molecule has 1 aliphatic rings. The van der Waals surface area contributed by atoms with Crippen LogP contribution in [-0.4, -0.2) is 56.7 Å². The van der Waals surface area contributed by atoms with Gasteiger partial charge in [-0.25, -0.2) is 13.2 Å². The van der Waals surface area contributed by atoms with E-state index in [9.17, 15) is 18.3 Å². The van der Waals surface area contributed by atoms with Crippen LogP contribution < -0.4 is 0 Å². The number of aliphatic hydroxyl groups is 1. The molecule has 0 saturated carbocycles. The molecule has 1 N–H and O–H groups in total. The lowest BCUT2D eigenvalue weighted by atomic mass is 10.3. The van der Waals surface area contributed by atoms with Crippen molar-refractivity contribution >= 4 is 21.7 Å². The molecule has 1 aromatic rings. The number of hydrogen-bond donors (Lipinski definition) is 1. The average Bonchev–Trinajstić information content (AvgIpc) is 2.63. The van der Waals surface area contributed by atoms with Crippen LogP contribution in [0.4, 0.5) is 5.69 Å². The van der Waals surface area contributed by atoms with Crippen molar-refractivity contribution in [3.8, 4) is 0 Å². The highest BCUT2D eigenvalue weighted by molar-refractivity contribution is 7.89. The Morgan fingerprint density at radius 2 is 1.88 bits per heavy atom. The minimum Gasteiger partial charge on any atom is -0.510 e. The van der Waals surface area contributed by atoms with Gasteiger partial charge in [0.2, 0.25) is 15.7 Å². The van der Waals surface area contributed by atoms with Crippen molar-refractivity contribution in [2.24, 2.45) is 10.2 Å². The number of carbonyl (C=O) groups excluding carboxylic acids is 1. The number of benzene rings is 1. The molecule has 0 bridgehead atoms. The topological polar surface area (TPSA) is 118 Å². The molecular formula is C16H21N3O6S. The number of morpholine rings is 1. The summed E-state index contributed by atoms with van der Waals surface area (Å²) in [6, 6.07) is 5.76. The van der Waals surface area contributed by atoms with E-state index in [4.69, 9.17) is 9.47 Å². The molecular weight excluding hydrogens is 362 g/mol. The lowest BCUT2D eigenvalue weighted by molar-refractivity contribution is -0.138. The van der Waals surface area contributed by atoms with Crippen LogP contribution in [0.3, 0.4) is 0 Å². The molecule has 0 spiro atoms. The van der Waals surface area contributed by atoms with E-state index in [1.54, 1.807) is 6.92 Å². The monoisotopic (exact) mass is 383 g/mol. The molecule has 9 nitrogen and oxygen atoms in total. The van der Waals surface area contributed by atoms with Crippen LogP contribution in [0.2, 0.25) is 0 Å². The maximum atomic E-state index is 12.5. The Hall–Kier alpha value is -2.30. The molecule has 0 atom stereocenters. The van der Waals surface area contributed by atoms with E-state index in [1.165, 1.54) is 35.5 Å². The van der Waals surface area contributed by atoms with Crippen LogP contribution in [0.5, 0.6) is 0 Å². The first-order valence-electron chi connectivity index (χ1n) is 8.03. The van der Waals surface area contributed by atoms with Gasteiger partial charge in [-0.15, -0.1) is 5.11 Å². The van der Waals surface area contributed by atoms with Gasteiger partial charge >= 0.3 is 5.97 Å². The first-order valence-corrected chi connectivity index (χ1v) is 9.47. The number of aliphatic hydroxyl groups excluding tert-OH is 1. The van der Waals surface area contributed by atoms with E-state index >= 15 is 0 Å². The summed E-state index contributed by atoms with van der Waals surface area (Å²) in [5.74, 6) is -1.11. The van der Waals surface area contributed by atoms with Gasteiger partial charge in [-0.3, -0.25) is 0 Å². The van der Waals surface area contributed by atoms with Gasteiger partial charge in [-0.1, -0.05) is 0 Å². The summed E-state index contributed by atoms with van der Waals surface area (Å²) in [6.07, 6.45) is 0. The molecule has 2 rings (SSSR count). The second kappa shape index (κ2) is 8.88. The summed E-state index contributed by atoms with van der Waals surface area (Å²) in [5, 5.41) is 17.1. The van der Waals surface area contributed by atoms with Crippen molar-refractivity contribution in [3.05, 3.63) is 35.7 Å². The largest absolute Gasteiger partial charge is 0.510 e. The molecule has 10 heteroatoms. The normalized spacial score (nSPS) is 17.2. The van der Waals surface area contributed by atoms with Crippen molar-refractivity contribution in [1.29, 1.82) is 0 Å². The van der Waals surface area contributed by atoms with Crippen molar-refractivity contribution in [3.63, 3.8) is 0 Å². The fraction of sp³-hybridized carbons (Fsp3) is 0.438. The molecule has 1 saturated heterocycles. The number of hydrogen-bond acceptors (Lipinski definition) is 8. The molecule has 142 valence electrons. The number of nitrogens with zero attached hydrogens (tertiary/aromatic N) is 3. The Morgan fingerprint density at radius 1 is 1.27 bits per heavy atom. The van der Waals surface area contributed by atoms with Crippen molar-refractivity contribution < 1.29 is 27.8 Å². The van der Waals surface area contributed by atoms with Crippen molar-refractivity contribution in [1.82, 2.24) is 4.31 Å². The molecule has 0 aliphatic carbocycles. The van der Waals surface area contributed by atoms with E-state index < -0.39 is 16.0 Å². The fourth-order valence-corrected chi connectivity index (χ4v) is 3.60. The lowest BCUT2D eigenvalue weighted by Crippen LogP contribution is -2.40. The maximum Gasteiger partial charge on any atom is 0.362 e. The Kier molecular flexibility index (Phi) is 6.83. The average molecular weight is 383 g/mol. The van der Waals surface area contributed by atoms with Crippen LogP contribution in [-0.2, 0) is 24.3 Å². The summed E-state index contributed by atoms with van der Waals surface area (Å²) in [7, 11) is -3.59. The number of sulfonamides is 1. The molecule has 1 fully saturated rings. The Balaban J connectivity index is 2.16. The van der Waals surface area contributed by atoms with E-state index in [0.29, 0.717) is 32.0 Å². The van der Waals surface area contributed by atoms with Gasteiger partial charge in [0.1, 0.15) is 5.76 Å². The quantitative estimate of drug-likeness (QED) is 0.348. The van der Waals surface area contributed by atoms with E-state index in [-0.39, 0.29) is 23.0 Å². The second-order valence-electron chi connectivity index (χ2n) is 5.36. The molecule has 1 aromatic carbocycles. The second-order valence-corrected chi connectivity index (χ2v) is 7.30. The Bertz CT molecular complexity index is 792. The smallest absolute Gasteiger partial charge is 0.362 e. The maximum absolute atomic E-state index is 12.5. The summed E-state index contributed by atoms with van der Waals surface area (Å²) in [4.78, 5) is 11.8. The van der Waals surface area contributed by atoms with E-state index in [0.717, 1.165) is 0 Å². The molecule has 26 heavy (non-hydrogen) atoms. The van der Waals surface area contributed by atoms with Crippen LogP contribution in [0.1, 0.15) is 13.8 Å². The zero-order chi connectivity index (χ0) is 19.2. The van der Waals surface area contributed by atoms with Crippen molar-refractivity contribution in [2.75, 3.05) is 32.9 Å². The van der Waals surface area contributed by atoms with Crippen LogP contribution in [0.15, 0.2) is 50.8 Å². The summed E-state index contributed by atoms with van der Waals surface area (Å²) < 4.78 is 36.4. The van der Waals surface area contributed by atoms with Gasteiger partial charge < -0.3 is 14.6 Å². The standard InChI is InChI=1S/C16H21N3O6S/c1-3-25-16(21)15(12(2)20)18-17-13-4-6-14(7-5-13)26(22,23)19-8-10-24-11-9-19/h4-7,20H,3,8-11H2,1-2H3/b15-12-,18-17?. The molecule has 0 aromatic heterocycles. The van der Waals surface area contributed by atoms with E-state index in [2.05, 4.69) is 10.2 Å². The third-order valence-electron chi connectivity index (χ3n) is 3.52. The highest BCUT2D eigenvalue weighted by atomic mass is 32.2. The molecule has 1 heterocycles. The van der Waals surface area contributed by atoms with Crippen LogP contribution in [0.25, 0.3) is 0 Å². The number of carbonyl (C=O) groups is 1. The Labute approximate surface area is 152 Å². The number of esters is 1. The summed E-state index contributed by atoms with van der Waals surface area (Å²) >= 11 is 0. The predicted octanol–water partition coefficient (Wildman–Crippen LogP) is 2.14. The summed E-state index contributed by atoms with van der Waals surface area (Å²) in [6.45, 7) is 4.43. The Morgan fingerprint density at radius 3 is 2.42 bits per heavy atom. The number of ether oxygens (including phenoxy) is 2. The van der Waals surface area contributed by atoms with Gasteiger partial charge in [-0.05, 0) is 38.1 Å². The van der Waals surface area contributed by atoms with Crippen molar-refractivity contribution in [2.45, 2.75) is 18.7 Å². The third-order valence-corrected chi connectivity index (χ3v) is 5.43. The first-order chi connectivity index (χ1) is 12.4. The zero-order valence-electron chi connectivity index (χ0n) is 14.6. The van der Waals surface area contributed by atoms with Gasteiger partial charge in [-0.2, -0.15) is 9.42 Å². The highest BCUT2D eigenvalue weighted by Crippen LogP contribution is 2.22. The van der Waals surface area contributed by atoms with Gasteiger partial charge in [0.25, 0.3) is 0 Å². The minimum absolute atomic E-state index is 0.137. The molecule has 0 unspecified atom stereocenters. The first kappa shape index (κ1) is 20.0. The zero-order valence-corrected chi connectivity index (χ0v) is 15.4. The SMILES string of the molecule is CCOC(=O)/C(N=Nc1ccc(S(=O)(=O)N2CCOCC2)cc1)=C(\C)O. The minimum atomic E-state index is -3.59. The third kappa shape index (κ3) is 4.87. The predicted molar refractivity (Wildman–Crippen MR) is 92.5 cm³/mol. The van der Waals surface area contributed by atoms with Gasteiger partial charge in [0, 0.05) is 13.1 Å². The number of rotatable bonds is 6. The van der Waals surface area contributed by atoms with E-state index in [1.807, 2.05) is 0 Å². The van der Waals surface area contributed by atoms with Gasteiger partial charge in [0.05, 0.1) is 30.4 Å². The lowest BCUT2D eigenvalue weighted by Gasteiger charge is -2.25. The number of allylic oxidation sites excluding steroid dienone is 1. The summed E-state index contributed by atoms with van der Waals surface area (Å²) in [5.41, 5.74) is 0.0193. The van der Waals surface area contributed by atoms with Gasteiger partial charge in [0.15, 0.2) is 0 Å². The molecule has 1 aliphatic heterocycles. The van der Waals surface area contributed by atoms with Crippen LogP contribution >= 0.6 is 0 Å². The van der Waals surface area contributed by atoms with Crippen LogP contribution in [0, 0.1) is 0 Å². The highest BCUT2D eigenvalue weighted by Gasteiger charge is 2.26. The fourth-order valence-electron chi connectivity index (χ4n) is 2.19. The molecule has 0 radical (unpaired) electrons.